The Morgan fingerprint density at radius 2 is 1.21 bits per heavy atom. The summed E-state index contributed by atoms with van der Waals surface area (Å²) in [6.07, 6.45) is 6.80. The van der Waals surface area contributed by atoms with Gasteiger partial charge >= 0.3 is 0 Å². The zero-order chi connectivity index (χ0) is 23.1. The van der Waals surface area contributed by atoms with E-state index >= 15 is 0 Å². The maximum Gasteiger partial charge on any atom is 0.197 e. The lowest BCUT2D eigenvalue weighted by Gasteiger charge is -2.14. The van der Waals surface area contributed by atoms with Gasteiger partial charge in [-0.05, 0) is 67.7 Å². The number of pyridine rings is 2. The van der Waals surface area contributed by atoms with Crippen molar-refractivity contribution in [3.63, 3.8) is 0 Å². The van der Waals surface area contributed by atoms with Crippen LogP contribution in [-0.4, -0.2) is 9.97 Å². The van der Waals surface area contributed by atoms with Crippen LogP contribution in [0, 0.1) is 17.9 Å². The molecule has 6 aromatic rings. The van der Waals surface area contributed by atoms with Gasteiger partial charge in [-0.3, -0.25) is 9.97 Å². The second kappa shape index (κ2) is 7.81. The number of fused-ring (bicyclic) bond motifs is 6. The maximum absolute atomic E-state index is 9.56. The van der Waals surface area contributed by atoms with E-state index in [0.717, 1.165) is 54.6 Å². The molecule has 2 heterocycles. The van der Waals surface area contributed by atoms with Crippen LogP contribution in [-0.2, 0) is 0 Å². The smallest absolute Gasteiger partial charge is 0.197 e. The van der Waals surface area contributed by atoms with E-state index in [2.05, 4.69) is 69.4 Å². The fourth-order valence-electron chi connectivity index (χ4n) is 4.72. The summed E-state index contributed by atoms with van der Waals surface area (Å²) in [6, 6.07) is 26.8. The summed E-state index contributed by atoms with van der Waals surface area (Å²) < 4.78 is 0. The molecule has 0 bridgehead atoms. The van der Waals surface area contributed by atoms with Gasteiger partial charge in [0.15, 0.2) is 5.69 Å². The lowest BCUT2D eigenvalue weighted by molar-refractivity contribution is 1.31. The third-order valence-electron chi connectivity index (χ3n) is 6.32. The van der Waals surface area contributed by atoms with Crippen LogP contribution < -0.4 is 0 Å². The third-order valence-corrected chi connectivity index (χ3v) is 6.32. The van der Waals surface area contributed by atoms with Gasteiger partial charge in [-0.25, -0.2) is 4.85 Å². The molecule has 0 saturated heterocycles. The van der Waals surface area contributed by atoms with Gasteiger partial charge in [0, 0.05) is 35.9 Å². The van der Waals surface area contributed by atoms with Crippen LogP contribution in [0.4, 0.5) is 5.69 Å². The van der Waals surface area contributed by atoms with Crippen molar-refractivity contribution in [2.75, 3.05) is 0 Å². The topological polar surface area (TPSA) is 53.9 Å². The van der Waals surface area contributed by atoms with Crippen molar-refractivity contribution in [3.05, 3.63) is 115 Å². The monoisotopic (exact) mass is 432 g/mol. The van der Waals surface area contributed by atoms with E-state index < -0.39 is 0 Å². The van der Waals surface area contributed by atoms with Crippen LogP contribution >= 0.6 is 0 Å². The summed E-state index contributed by atoms with van der Waals surface area (Å²) >= 11 is 0. The van der Waals surface area contributed by atoms with Crippen molar-refractivity contribution in [1.29, 1.82) is 5.26 Å². The molecule has 34 heavy (non-hydrogen) atoms. The summed E-state index contributed by atoms with van der Waals surface area (Å²) in [5, 5.41) is 16.4. The lowest BCUT2D eigenvalue weighted by atomic mass is 9.90. The van der Waals surface area contributed by atoms with Crippen molar-refractivity contribution in [2.45, 2.75) is 0 Å². The second-order valence-electron chi connectivity index (χ2n) is 8.10. The van der Waals surface area contributed by atoms with Crippen LogP contribution in [0.25, 0.3) is 59.4 Å². The molecule has 0 aliphatic carbocycles. The molecular formula is C30H16N4. The van der Waals surface area contributed by atoms with Gasteiger partial charge in [-0.2, -0.15) is 5.26 Å². The number of nitrogens with zero attached hydrogens (tertiary/aromatic N) is 4. The molecule has 4 heteroatoms. The first-order chi connectivity index (χ1) is 16.8. The van der Waals surface area contributed by atoms with Crippen molar-refractivity contribution >= 4 is 38.0 Å². The summed E-state index contributed by atoms with van der Waals surface area (Å²) in [6.45, 7) is 7.53. The van der Waals surface area contributed by atoms with E-state index in [1.807, 2.05) is 12.1 Å². The minimum atomic E-state index is 0.592. The number of hydrogen-bond acceptors (Lipinski definition) is 3. The first-order valence-electron chi connectivity index (χ1n) is 10.8. The molecule has 0 N–H and O–H groups in total. The third kappa shape index (κ3) is 2.98. The van der Waals surface area contributed by atoms with E-state index in [4.69, 9.17) is 6.57 Å². The van der Waals surface area contributed by atoms with Gasteiger partial charge in [0.05, 0.1) is 18.2 Å². The number of benzene rings is 4. The highest BCUT2D eigenvalue weighted by Crippen LogP contribution is 2.40. The van der Waals surface area contributed by atoms with E-state index in [-0.39, 0.29) is 0 Å². The molecule has 4 aromatic carbocycles. The molecule has 0 saturated carbocycles. The number of hydrogen-bond donors (Lipinski definition) is 0. The molecule has 4 nitrogen and oxygen atoms in total. The Balaban J connectivity index is 1.68. The quantitative estimate of drug-likeness (QED) is 0.208. The fraction of sp³-hybridized carbons (Fsp3) is 0. The van der Waals surface area contributed by atoms with Crippen molar-refractivity contribution < 1.29 is 0 Å². The molecule has 0 spiro atoms. The van der Waals surface area contributed by atoms with Gasteiger partial charge < -0.3 is 0 Å². The Bertz CT molecular complexity index is 1680. The first kappa shape index (κ1) is 19.6. The van der Waals surface area contributed by atoms with Gasteiger partial charge in [-0.1, -0.05) is 48.5 Å². The first-order valence-corrected chi connectivity index (χ1v) is 10.8. The molecule has 0 aliphatic rings. The SMILES string of the molecule is [C-]#[N+]c1ccncc1-c1ccc2c3ccc(-c4cnccc4C#N)cc3c3ccccc3c2c1. The van der Waals surface area contributed by atoms with E-state index in [1.54, 1.807) is 36.9 Å². The molecule has 6 rings (SSSR count). The van der Waals surface area contributed by atoms with Gasteiger partial charge in [-0.15, -0.1) is 0 Å². The van der Waals surface area contributed by atoms with Gasteiger partial charge in [0.25, 0.3) is 0 Å². The van der Waals surface area contributed by atoms with E-state index in [9.17, 15) is 5.26 Å². The van der Waals surface area contributed by atoms with Crippen molar-refractivity contribution in [2.24, 2.45) is 0 Å². The molecule has 0 amide bonds. The average molecular weight is 432 g/mol. The average Bonchev–Trinajstić information content (AvgIpc) is 2.92. The fourth-order valence-corrected chi connectivity index (χ4v) is 4.72. The van der Waals surface area contributed by atoms with Crippen LogP contribution in [0.5, 0.6) is 0 Å². The summed E-state index contributed by atoms with van der Waals surface area (Å²) in [4.78, 5) is 12.2. The molecule has 0 fully saturated rings. The predicted octanol–water partition coefficient (Wildman–Crippen LogP) is 7.69. The molecule has 0 aliphatic heterocycles. The molecule has 156 valence electrons. The van der Waals surface area contributed by atoms with Gasteiger partial charge in [0.2, 0.25) is 0 Å². The normalized spacial score (nSPS) is 10.9. The predicted molar refractivity (Wildman–Crippen MR) is 136 cm³/mol. The summed E-state index contributed by atoms with van der Waals surface area (Å²) in [7, 11) is 0. The largest absolute Gasteiger partial charge is 0.267 e. The van der Waals surface area contributed by atoms with Gasteiger partial charge in [0.1, 0.15) is 0 Å². The number of rotatable bonds is 2. The Morgan fingerprint density at radius 1 is 0.647 bits per heavy atom. The highest BCUT2D eigenvalue weighted by Gasteiger charge is 2.13. The summed E-state index contributed by atoms with van der Waals surface area (Å²) in [5.74, 6) is 0. The number of nitriles is 1. The van der Waals surface area contributed by atoms with Crippen LogP contribution in [0.3, 0.4) is 0 Å². The molecule has 0 atom stereocenters. The molecule has 0 unspecified atom stereocenters. The Morgan fingerprint density at radius 3 is 1.82 bits per heavy atom. The maximum atomic E-state index is 9.56. The van der Waals surface area contributed by atoms with E-state index in [0.29, 0.717) is 11.3 Å². The van der Waals surface area contributed by atoms with Crippen LogP contribution in [0.1, 0.15) is 5.56 Å². The second-order valence-corrected chi connectivity index (χ2v) is 8.10. The van der Waals surface area contributed by atoms with Crippen molar-refractivity contribution in [3.8, 4) is 28.3 Å². The van der Waals surface area contributed by atoms with Crippen molar-refractivity contribution in [1.82, 2.24) is 9.97 Å². The Kier molecular flexibility index (Phi) is 4.51. The number of aromatic nitrogens is 2. The van der Waals surface area contributed by atoms with E-state index in [1.165, 1.54) is 0 Å². The Labute approximate surface area is 196 Å². The standard InChI is InChI=1S/C30H16N4/c1-32-30-11-13-34-18-29(30)20-7-9-25-24-8-6-19(28-17-33-12-10-21(28)16-31)14-26(24)22-4-2-3-5-23(22)27(25)15-20/h2-15,17-18H. The zero-order valence-corrected chi connectivity index (χ0v) is 18.0. The zero-order valence-electron chi connectivity index (χ0n) is 18.0. The molecule has 0 radical (unpaired) electrons. The summed E-state index contributed by atoms with van der Waals surface area (Å²) in [5.41, 5.74) is 4.80. The highest BCUT2D eigenvalue weighted by molar-refractivity contribution is 6.26. The minimum Gasteiger partial charge on any atom is -0.267 e. The van der Waals surface area contributed by atoms with Crippen LogP contribution in [0.15, 0.2) is 97.6 Å². The lowest BCUT2D eigenvalue weighted by Crippen LogP contribution is -1.89. The molecular weight excluding hydrogens is 416 g/mol. The Hall–Kier alpha value is -5.06. The van der Waals surface area contributed by atoms with Crippen LogP contribution in [0.2, 0.25) is 0 Å². The molecule has 2 aromatic heterocycles. The minimum absolute atomic E-state index is 0.592. The highest BCUT2D eigenvalue weighted by atomic mass is 14.7.